The summed E-state index contributed by atoms with van der Waals surface area (Å²) in [5.41, 5.74) is 0.657. The van der Waals surface area contributed by atoms with Crippen molar-refractivity contribution in [1.82, 2.24) is 5.32 Å². The highest BCUT2D eigenvalue weighted by Gasteiger charge is 2.09. The van der Waals surface area contributed by atoms with E-state index < -0.39 is 0 Å². The van der Waals surface area contributed by atoms with Gasteiger partial charge in [-0.15, -0.1) is 11.6 Å². The van der Waals surface area contributed by atoms with Crippen molar-refractivity contribution in [3.8, 4) is 5.75 Å². The molecule has 0 bridgehead atoms. The predicted octanol–water partition coefficient (Wildman–Crippen LogP) is 3.47. The molecule has 0 heterocycles. The fourth-order valence-electron chi connectivity index (χ4n) is 1.81. The Bertz CT molecular complexity index is 378. The van der Waals surface area contributed by atoms with Crippen LogP contribution in [0.1, 0.15) is 37.0 Å². The Labute approximate surface area is 120 Å². The molecule has 1 unspecified atom stereocenters. The minimum Gasteiger partial charge on any atom is -0.494 e. The number of halogens is 1. The molecule has 0 saturated carbocycles. The molecule has 0 aliphatic rings. The molecule has 0 fully saturated rings. The molecule has 19 heavy (non-hydrogen) atoms. The van der Waals surface area contributed by atoms with Crippen LogP contribution in [-0.4, -0.2) is 24.9 Å². The van der Waals surface area contributed by atoms with Crippen LogP contribution in [0.15, 0.2) is 24.3 Å². The molecule has 0 spiro atoms. The molecule has 0 aliphatic heterocycles. The lowest BCUT2D eigenvalue weighted by molar-refractivity contribution is 0.0946. The summed E-state index contributed by atoms with van der Waals surface area (Å²) in [7, 11) is 0. The number of nitrogens with one attached hydrogen (secondary N) is 1. The molecule has 0 radical (unpaired) electrons. The first-order valence-corrected chi connectivity index (χ1v) is 7.31. The summed E-state index contributed by atoms with van der Waals surface area (Å²) in [6.07, 6.45) is 1.96. The van der Waals surface area contributed by atoms with E-state index in [0.717, 1.165) is 18.6 Å². The van der Waals surface area contributed by atoms with Crippen molar-refractivity contribution in [3.05, 3.63) is 29.8 Å². The maximum Gasteiger partial charge on any atom is 0.251 e. The minimum atomic E-state index is -0.0453. The second-order valence-electron chi connectivity index (χ2n) is 4.42. The van der Waals surface area contributed by atoms with Gasteiger partial charge in [0.1, 0.15) is 5.75 Å². The van der Waals surface area contributed by atoms with Gasteiger partial charge in [-0.3, -0.25) is 4.79 Å². The predicted molar refractivity (Wildman–Crippen MR) is 79.1 cm³/mol. The summed E-state index contributed by atoms with van der Waals surface area (Å²) in [4.78, 5) is 12.0. The molecule has 3 nitrogen and oxygen atoms in total. The summed E-state index contributed by atoms with van der Waals surface area (Å²) < 4.78 is 5.34. The van der Waals surface area contributed by atoms with Gasteiger partial charge < -0.3 is 10.1 Å². The molecule has 1 aromatic carbocycles. The summed E-state index contributed by atoms with van der Waals surface area (Å²) in [5.74, 6) is 1.82. The second kappa shape index (κ2) is 8.81. The molecule has 1 rings (SSSR count). The van der Waals surface area contributed by atoms with Crippen LogP contribution in [-0.2, 0) is 0 Å². The normalized spacial score (nSPS) is 11.9. The average Bonchev–Trinajstić information content (AvgIpc) is 2.44. The van der Waals surface area contributed by atoms with Gasteiger partial charge in [0, 0.05) is 18.0 Å². The van der Waals surface area contributed by atoms with Crippen LogP contribution in [0.5, 0.6) is 5.75 Å². The van der Waals surface area contributed by atoms with E-state index in [1.54, 1.807) is 12.1 Å². The van der Waals surface area contributed by atoms with E-state index in [-0.39, 0.29) is 5.91 Å². The van der Waals surface area contributed by atoms with Gasteiger partial charge in [-0.25, -0.2) is 0 Å². The first-order chi connectivity index (χ1) is 9.21. The Hall–Kier alpha value is -1.22. The fourth-order valence-corrected chi connectivity index (χ4v) is 2.12. The number of alkyl halides is 1. The van der Waals surface area contributed by atoms with E-state index in [4.69, 9.17) is 16.3 Å². The van der Waals surface area contributed by atoms with E-state index in [1.165, 1.54) is 0 Å². The Morgan fingerprint density at radius 3 is 2.53 bits per heavy atom. The highest BCUT2D eigenvalue weighted by atomic mass is 35.5. The lowest BCUT2D eigenvalue weighted by atomic mass is 10.0. The minimum absolute atomic E-state index is 0.0453. The van der Waals surface area contributed by atoms with E-state index in [9.17, 15) is 4.79 Å². The van der Waals surface area contributed by atoms with Crippen LogP contribution >= 0.6 is 11.6 Å². The highest BCUT2D eigenvalue weighted by molar-refractivity contribution is 6.17. The first kappa shape index (κ1) is 15.8. The molecular formula is C15H22ClNO2. The van der Waals surface area contributed by atoms with E-state index in [2.05, 4.69) is 12.2 Å². The maximum atomic E-state index is 12.0. The molecule has 0 saturated heterocycles. The zero-order valence-electron chi connectivity index (χ0n) is 11.6. The Morgan fingerprint density at radius 1 is 1.32 bits per heavy atom. The van der Waals surface area contributed by atoms with Gasteiger partial charge in [-0.2, -0.15) is 0 Å². The number of amides is 1. The van der Waals surface area contributed by atoms with Crippen molar-refractivity contribution in [2.75, 3.05) is 19.0 Å². The van der Waals surface area contributed by atoms with E-state index >= 15 is 0 Å². The van der Waals surface area contributed by atoms with Crippen molar-refractivity contribution in [1.29, 1.82) is 0 Å². The Morgan fingerprint density at radius 2 is 2.00 bits per heavy atom. The third-order valence-corrected chi connectivity index (χ3v) is 3.29. The van der Waals surface area contributed by atoms with Gasteiger partial charge in [0.2, 0.25) is 0 Å². The molecule has 0 aromatic heterocycles. The quantitative estimate of drug-likeness (QED) is 0.742. The molecule has 1 aromatic rings. The smallest absolute Gasteiger partial charge is 0.251 e. The summed E-state index contributed by atoms with van der Waals surface area (Å²) >= 11 is 5.73. The number of hydrogen-bond donors (Lipinski definition) is 1. The van der Waals surface area contributed by atoms with Crippen molar-refractivity contribution < 1.29 is 9.53 Å². The molecule has 1 amide bonds. The lowest BCUT2D eigenvalue weighted by Crippen LogP contribution is -2.29. The van der Waals surface area contributed by atoms with Crippen molar-refractivity contribution in [3.63, 3.8) is 0 Å². The van der Waals surface area contributed by atoms with Gasteiger partial charge >= 0.3 is 0 Å². The lowest BCUT2D eigenvalue weighted by Gasteiger charge is -2.14. The average molecular weight is 284 g/mol. The van der Waals surface area contributed by atoms with Crippen LogP contribution in [0.4, 0.5) is 0 Å². The van der Waals surface area contributed by atoms with Crippen molar-refractivity contribution in [2.24, 2.45) is 5.92 Å². The largest absolute Gasteiger partial charge is 0.494 e. The first-order valence-electron chi connectivity index (χ1n) is 6.78. The molecule has 106 valence electrons. The van der Waals surface area contributed by atoms with Crippen molar-refractivity contribution >= 4 is 17.5 Å². The molecular weight excluding hydrogens is 262 g/mol. The SMILES string of the molecule is CCOc1ccc(C(=O)NCC(CC)CCCl)cc1. The van der Waals surface area contributed by atoms with E-state index in [1.807, 2.05) is 19.1 Å². The van der Waals surface area contributed by atoms with Crippen molar-refractivity contribution in [2.45, 2.75) is 26.7 Å². The zero-order chi connectivity index (χ0) is 14.1. The second-order valence-corrected chi connectivity index (χ2v) is 4.80. The maximum absolute atomic E-state index is 12.0. The number of ether oxygens (including phenoxy) is 1. The van der Waals surface area contributed by atoms with Crippen LogP contribution in [0, 0.1) is 5.92 Å². The van der Waals surface area contributed by atoms with Crippen LogP contribution in [0.3, 0.4) is 0 Å². The zero-order valence-corrected chi connectivity index (χ0v) is 12.4. The Kier molecular flexibility index (Phi) is 7.34. The van der Waals surface area contributed by atoms with Gasteiger partial charge in [-0.05, 0) is 43.5 Å². The number of carbonyl (C=O) groups is 1. The van der Waals surface area contributed by atoms with Gasteiger partial charge in [0.15, 0.2) is 0 Å². The number of benzene rings is 1. The molecule has 1 atom stereocenters. The van der Waals surface area contributed by atoms with Crippen LogP contribution < -0.4 is 10.1 Å². The molecule has 0 aliphatic carbocycles. The van der Waals surface area contributed by atoms with Gasteiger partial charge in [0.25, 0.3) is 5.91 Å². The highest BCUT2D eigenvalue weighted by Crippen LogP contribution is 2.12. The summed E-state index contributed by atoms with van der Waals surface area (Å²) in [6, 6.07) is 7.19. The fraction of sp³-hybridized carbons (Fsp3) is 0.533. The van der Waals surface area contributed by atoms with Crippen LogP contribution in [0.2, 0.25) is 0 Å². The molecule has 1 N–H and O–H groups in total. The van der Waals surface area contributed by atoms with E-state index in [0.29, 0.717) is 30.5 Å². The monoisotopic (exact) mass is 283 g/mol. The number of hydrogen-bond acceptors (Lipinski definition) is 2. The van der Waals surface area contributed by atoms with Gasteiger partial charge in [-0.1, -0.05) is 13.3 Å². The summed E-state index contributed by atoms with van der Waals surface area (Å²) in [5, 5.41) is 2.95. The molecule has 4 heteroatoms. The topological polar surface area (TPSA) is 38.3 Å². The number of carbonyl (C=O) groups excluding carboxylic acids is 1. The summed E-state index contributed by atoms with van der Waals surface area (Å²) in [6.45, 7) is 5.35. The van der Waals surface area contributed by atoms with Crippen LogP contribution in [0.25, 0.3) is 0 Å². The third-order valence-electron chi connectivity index (χ3n) is 3.07. The van der Waals surface area contributed by atoms with Gasteiger partial charge in [0.05, 0.1) is 6.61 Å². The number of rotatable bonds is 8. The standard InChI is InChI=1S/C15H22ClNO2/c1-3-12(9-10-16)11-17-15(18)13-5-7-14(8-6-13)19-4-2/h5-8,12H,3-4,9-11H2,1-2H3,(H,17,18). The third kappa shape index (κ3) is 5.52. The Balaban J connectivity index is 2.48.